The monoisotopic (exact) mass is 327 g/mol. The fourth-order valence-corrected chi connectivity index (χ4v) is 2.31. The van der Waals surface area contributed by atoms with Crippen molar-refractivity contribution in [3.05, 3.63) is 59.2 Å². The predicted octanol–water partition coefficient (Wildman–Crippen LogP) is 3.83. The third-order valence-electron chi connectivity index (χ3n) is 3.66. The molecule has 0 bridgehead atoms. The van der Waals surface area contributed by atoms with E-state index < -0.39 is 5.97 Å². The number of carboxylic acids is 1. The lowest BCUT2D eigenvalue weighted by atomic mass is 10.0. The number of carboxylic acid groups (broad SMARTS) is 1. The summed E-state index contributed by atoms with van der Waals surface area (Å²) in [5.74, 6) is -0.399. The van der Waals surface area contributed by atoms with Gasteiger partial charge in [0.2, 0.25) is 0 Å². The molecule has 0 aliphatic heterocycles. The number of hydrogen-bond acceptors (Lipinski definition) is 3. The maximum atomic E-state index is 12.1. The number of carbonyl (C=O) groups is 2. The number of hydrogen-bond donors (Lipinski definition) is 2. The Morgan fingerprint density at radius 3 is 2.54 bits per heavy atom. The van der Waals surface area contributed by atoms with Crippen LogP contribution in [0.25, 0.3) is 0 Å². The molecule has 0 saturated carbocycles. The van der Waals surface area contributed by atoms with Gasteiger partial charge in [-0.05, 0) is 42.2 Å². The standard InChI is InChI=1S/C19H21NO4/c1-12(2)15-6-4-5-7-17(15)24-11-18(21)20-16-10-14(19(22)23)9-8-13(16)3/h4-10,12H,11H2,1-3H3,(H,20,21)(H,22,23). The Kier molecular flexibility index (Phi) is 5.58. The Balaban J connectivity index is 2.05. The van der Waals surface area contributed by atoms with Crippen molar-refractivity contribution in [3.8, 4) is 5.75 Å². The van der Waals surface area contributed by atoms with Crippen LogP contribution in [0, 0.1) is 6.92 Å². The molecule has 2 rings (SSSR count). The number of para-hydroxylation sites is 1. The maximum Gasteiger partial charge on any atom is 0.335 e. The van der Waals surface area contributed by atoms with E-state index in [1.807, 2.05) is 24.3 Å². The van der Waals surface area contributed by atoms with Crippen LogP contribution in [0.5, 0.6) is 5.75 Å². The highest BCUT2D eigenvalue weighted by molar-refractivity contribution is 5.95. The second-order valence-corrected chi connectivity index (χ2v) is 5.86. The van der Waals surface area contributed by atoms with Gasteiger partial charge in [-0.15, -0.1) is 0 Å². The Hall–Kier alpha value is -2.82. The minimum absolute atomic E-state index is 0.127. The van der Waals surface area contributed by atoms with E-state index in [-0.39, 0.29) is 18.1 Å². The molecule has 24 heavy (non-hydrogen) atoms. The summed E-state index contributed by atoms with van der Waals surface area (Å²) in [5, 5.41) is 11.7. The van der Waals surface area contributed by atoms with Crippen LogP contribution in [-0.2, 0) is 4.79 Å². The Labute approximate surface area is 141 Å². The summed E-state index contributed by atoms with van der Waals surface area (Å²) in [5.41, 5.74) is 2.42. The van der Waals surface area contributed by atoms with Gasteiger partial charge in [0.25, 0.3) is 5.91 Å². The van der Waals surface area contributed by atoms with E-state index in [0.717, 1.165) is 11.1 Å². The molecular weight excluding hydrogens is 306 g/mol. The minimum Gasteiger partial charge on any atom is -0.483 e. The van der Waals surface area contributed by atoms with Gasteiger partial charge >= 0.3 is 5.97 Å². The molecule has 5 nitrogen and oxygen atoms in total. The Bertz CT molecular complexity index is 753. The molecule has 0 aliphatic rings. The summed E-state index contributed by atoms with van der Waals surface area (Å²) in [6, 6.07) is 12.2. The molecule has 0 atom stereocenters. The molecule has 0 aromatic heterocycles. The van der Waals surface area contributed by atoms with Gasteiger partial charge in [-0.1, -0.05) is 38.1 Å². The highest BCUT2D eigenvalue weighted by atomic mass is 16.5. The quantitative estimate of drug-likeness (QED) is 0.845. The average Bonchev–Trinajstić information content (AvgIpc) is 2.55. The zero-order valence-electron chi connectivity index (χ0n) is 14.0. The zero-order valence-corrected chi connectivity index (χ0v) is 14.0. The maximum absolute atomic E-state index is 12.1. The lowest BCUT2D eigenvalue weighted by Gasteiger charge is -2.14. The van der Waals surface area contributed by atoms with Gasteiger partial charge in [0.15, 0.2) is 6.61 Å². The van der Waals surface area contributed by atoms with Crippen molar-refractivity contribution in [1.82, 2.24) is 0 Å². The number of anilines is 1. The van der Waals surface area contributed by atoms with Crippen molar-refractivity contribution in [3.63, 3.8) is 0 Å². The summed E-state index contributed by atoms with van der Waals surface area (Å²) < 4.78 is 5.62. The molecular formula is C19H21NO4. The van der Waals surface area contributed by atoms with E-state index in [1.165, 1.54) is 12.1 Å². The molecule has 0 unspecified atom stereocenters. The second kappa shape index (κ2) is 7.64. The van der Waals surface area contributed by atoms with Gasteiger partial charge in [0.1, 0.15) is 5.75 Å². The number of aryl methyl sites for hydroxylation is 1. The van der Waals surface area contributed by atoms with Gasteiger partial charge < -0.3 is 15.2 Å². The van der Waals surface area contributed by atoms with E-state index in [4.69, 9.17) is 9.84 Å². The molecule has 0 radical (unpaired) electrons. The van der Waals surface area contributed by atoms with Gasteiger partial charge in [-0.25, -0.2) is 4.79 Å². The van der Waals surface area contributed by atoms with Gasteiger partial charge in [0, 0.05) is 5.69 Å². The zero-order chi connectivity index (χ0) is 17.7. The van der Waals surface area contributed by atoms with E-state index in [2.05, 4.69) is 19.2 Å². The highest BCUT2D eigenvalue weighted by Gasteiger charge is 2.11. The molecule has 2 aromatic rings. The van der Waals surface area contributed by atoms with Crippen LogP contribution in [0.4, 0.5) is 5.69 Å². The van der Waals surface area contributed by atoms with Gasteiger partial charge in [-0.2, -0.15) is 0 Å². The second-order valence-electron chi connectivity index (χ2n) is 5.86. The lowest BCUT2D eigenvalue weighted by Crippen LogP contribution is -2.21. The smallest absolute Gasteiger partial charge is 0.335 e. The third-order valence-corrected chi connectivity index (χ3v) is 3.66. The SMILES string of the molecule is Cc1ccc(C(=O)O)cc1NC(=O)COc1ccccc1C(C)C. The molecule has 2 N–H and O–H groups in total. The fourth-order valence-electron chi connectivity index (χ4n) is 2.31. The minimum atomic E-state index is -1.03. The number of amides is 1. The topological polar surface area (TPSA) is 75.6 Å². The highest BCUT2D eigenvalue weighted by Crippen LogP contribution is 2.25. The van der Waals surface area contributed by atoms with Crippen LogP contribution < -0.4 is 10.1 Å². The molecule has 5 heteroatoms. The molecule has 126 valence electrons. The summed E-state index contributed by atoms with van der Waals surface area (Å²) in [7, 11) is 0. The van der Waals surface area contributed by atoms with Crippen molar-refractivity contribution in [2.75, 3.05) is 11.9 Å². The normalized spacial score (nSPS) is 10.5. The Morgan fingerprint density at radius 1 is 1.17 bits per heavy atom. The molecule has 0 fully saturated rings. The van der Waals surface area contributed by atoms with Crippen LogP contribution >= 0.6 is 0 Å². The molecule has 0 aliphatic carbocycles. The molecule has 0 heterocycles. The third kappa shape index (κ3) is 4.35. The number of carbonyl (C=O) groups excluding carboxylic acids is 1. The van der Waals surface area contributed by atoms with E-state index >= 15 is 0 Å². The first-order valence-electron chi connectivity index (χ1n) is 7.74. The van der Waals surface area contributed by atoms with Crippen LogP contribution in [-0.4, -0.2) is 23.6 Å². The van der Waals surface area contributed by atoms with Crippen molar-refractivity contribution in [2.45, 2.75) is 26.7 Å². The lowest BCUT2D eigenvalue weighted by molar-refractivity contribution is -0.118. The number of ether oxygens (including phenoxy) is 1. The van der Waals surface area contributed by atoms with Gasteiger partial charge in [0.05, 0.1) is 5.56 Å². The largest absolute Gasteiger partial charge is 0.483 e. The van der Waals surface area contributed by atoms with Gasteiger partial charge in [-0.3, -0.25) is 4.79 Å². The van der Waals surface area contributed by atoms with E-state index in [1.54, 1.807) is 13.0 Å². The van der Waals surface area contributed by atoms with Crippen molar-refractivity contribution >= 4 is 17.6 Å². The molecule has 0 saturated heterocycles. The number of nitrogens with one attached hydrogen (secondary N) is 1. The number of aromatic carboxylic acids is 1. The molecule has 0 spiro atoms. The molecule has 1 amide bonds. The Morgan fingerprint density at radius 2 is 1.88 bits per heavy atom. The van der Waals surface area contributed by atoms with E-state index in [0.29, 0.717) is 17.4 Å². The van der Waals surface area contributed by atoms with Crippen LogP contribution in [0.1, 0.15) is 41.3 Å². The van der Waals surface area contributed by atoms with Crippen molar-refractivity contribution in [2.24, 2.45) is 0 Å². The van der Waals surface area contributed by atoms with E-state index in [9.17, 15) is 9.59 Å². The summed E-state index contributed by atoms with van der Waals surface area (Å²) >= 11 is 0. The number of benzene rings is 2. The first-order chi connectivity index (χ1) is 11.4. The average molecular weight is 327 g/mol. The first-order valence-corrected chi connectivity index (χ1v) is 7.74. The summed E-state index contributed by atoms with van der Waals surface area (Å²) in [6.07, 6.45) is 0. The fraction of sp³-hybridized carbons (Fsp3) is 0.263. The van der Waals surface area contributed by atoms with Crippen LogP contribution in [0.15, 0.2) is 42.5 Å². The predicted molar refractivity (Wildman–Crippen MR) is 92.8 cm³/mol. The van der Waals surface area contributed by atoms with Crippen LogP contribution in [0.2, 0.25) is 0 Å². The van der Waals surface area contributed by atoms with Crippen molar-refractivity contribution in [1.29, 1.82) is 0 Å². The summed E-state index contributed by atoms with van der Waals surface area (Å²) in [6.45, 7) is 5.78. The summed E-state index contributed by atoms with van der Waals surface area (Å²) in [4.78, 5) is 23.1. The number of rotatable bonds is 6. The van der Waals surface area contributed by atoms with Crippen molar-refractivity contribution < 1.29 is 19.4 Å². The molecule has 2 aromatic carbocycles. The van der Waals surface area contributed by atoms with Crippen LogP contribution in [0.3, 0.4) is 0 Å². The first kappa shape index (κ1) is 17.5.